The van der Waals surface area contributed by atoms with Crippen molar-refractivity contribution in [1.29, 1.82) is 0 Å². The van der Waals surface area contributed by atoms with E-state index in [-0.39, 0.29) is 0 Å². The van der Waals surface area contributed by atoms with E-state index in [1.165, 1.54) is 191 Å². The van der Waals surface area contributed by atoms with Gasteiger partial charge in [0, 0.05) is 60.6 Å². The Labute approximate surface area is 647 Å². The first-order valence-corrected chi connectivity index (χ1v) is 45.4. The summed E-state index contributed by atoms with van der Waals surface area (Å²) in [6.07, 6.45) is 58.6. The summed E-state index contributed by atoms with van der Waals surface area (Å²) in [6.45, 7) is 18.6. The van der Waals surface area contributed by atoms with E-state index in [0.717, 1.165) is 193 Å². The molecule has 12 nitrogen and oxygen atoms in total. The van der Waals surface area contributed by atoms with Gasteiger partial charge in [-0.05, 0) is 423 Å². The average molecular weight is 1470 g/mol. The minimum atomic E-state index is -0.404. The van der Waals surface area contributed by atoms with Gasteiger partial charge in [0.2, 0.25) is 0 Å². The zero-order chi connectivity index (χ0) is 74.1. The lowest BCUT2D eigenvalue weighted by molar-refractivity contribution is -0.0966. The molecule has 0 aliphatic heterocycles. The molecule has 12 heteroatoms. The van der Waals surface area contributed by atoms with Crippen LogP contribution in [0.15, 0.2) is 94.8 Å². The van der Waals surface area contributed by atoms with E-state index in [4.69, 9.17) is 19.0 Å². The van der Waals surface area contributed by atoms with Crippen LogP contribution in [0.1, 0.15) is 333 Å². The fourth-order valence-corrected chi connectivity index (χ4v) is 33.3. The molecular formula is C96H138N6O6. The van der Waals surface area contributed by atoms with Crippen LogP contribution < -0.4 is 0 Å². The summed E-state index contributed by atoms with van der Waals surface area (Å²) in [6, 6.07) is 16.9. The van der Waals surface area contributed by atoms with Crippen LogP contribution in [-0.2, 0) is 0 Å². The second kappa shape index (κ2) is 27.7. The summed E-state index contributed by atoms with van der Waals surface area (Å²) in [5.74, 6) is 22.1. The molecule has 0 amide bonds. The Morgan fingerprint density at radius 1 is 0.306 bits per heavy atom. The fraction of sp³-hybridized carbons (Fsp3) is 0.792. The molecule has 0 radical (unpaired) electrons. The van der Waals surface area contributed by atoms with Gasteiger partial charge in [-0.15, -0.1) is 0 Å². The lowest BCUT2D eigenvalue weighted by Crippen LogP contribution is -2.50. The predicted molar refractivity (Wildman–Crippen MR) is 425 cm³/mol. The zero-order valence-corrected chi connectivity index (χ0v) is 67.7. The Morgan fingerprint density at radius 3 is 0.880 bits per heavy atom. The molecule has 0 bridgehead atoms. The van der Waals surface area contributed by atoms with Gasteiger partial charge >= 0.3 is 0 Å². The van der Waals surface area contributed by atoms with Crippen LogP contribution in [0.25, 0.3) is 11.3 Å². The van der Waals surface area contributed by atoms with Crippen molar-refractivity contribution in [3.63, 3.8) is 0 Å². The summed E-state index contributed by atoms with van der Waals surface area (Å²) < 4.78 is 15.6. The highest BCUT2D eigenvalue weighted by Crippen LogP contribution is 2.72. The molecule has 6 aromatic heterocycles. The second-order valence-corrected chi connectivity index (χ2v) is 43.5. The molecule has 16 fully saturated rings. The predicted octanol–water partition coefficient (Wildman–Crippen LogP) is 22.0. The van der Waals surface area contributed by atoms with Gasteiger partial charge in [0.1, 0.15) is 22.8 Å². The first kappa shape index (κ1) is 73.8. The first-order valence-electron chi connectivity index (χ1n) is 45.4. The van der Waals surface area contributed by atoms with Crippen LogP contribution in [0.2, 0.25) is 0 Å². The molecule has 6 aromatic rings. The number of hydrogen-bond acceptors (Lipinski definition) is 10. The topological polar surface area (TPSA) is 168 Å². The van der Waals surface area contributed by atoms with E-state index in [1.807, 2.05) is 12.4 Å². The number of aromatic nitrogens is 6. The van der Waals surface area contributed by atoms with Crippen molar-refractivity contribution in [2.24, 2.45) is 140 Å². The van der Waals surface area contributed by atoms with Crippen LogP contribution >= 0.6 is 0 Å². The molecule has 6 heterocycles. The maximum absolute atomic E-state index is 10.6. The maximum atomic E-state index is 10.6. The van der Waals surface area contributed by atoms with Crippen molar-refractivity contribution in [1.82, 2.24) is 29.1 Å². The van der Waals surface area contributed by atoms with E-state index in [2.05, 4.69) is 148 Å². The van der Waals surface area contributed by atoms with Crippen LogP contribution in [-0.4, -0.2) is 71.9 Å². The first-order chi connectivity index (χ1) is 51.8. The van der Waals surface area contributed by atoms with Gasteiger partial charge in [0.05, 0.1) is 46.2 Å². The molecule has 16 aliphatic rings. The van der Waals surface area contributed by atoms with E-state index in [0.29, 0.717) is 45.3 Å². The summed E-state index contributed by atoms with van der Waals surface area (Å²) in [4.78, 5) is 10.1. The highest BCUT2D eigenvalue weighted by Gasteiger charge is 2.64. The van der Waals surface area contributed by atoms with Gasteiger partial charge in [-0.3, -0.25) is 0 Å². The molecule has 16 aliphatic carbocycles. The molecule has 32 atom stereocenters. The molecule has 0 saturated heterocycles. The van der Waals surface area contributed by atoms with Gasteiger partial charge < -0.3 is 38.3 Å². The third kappa shape index (κ3) is 12.8. The van der Waals surface area contributed by atoms with Crippen molar-refractivity contribution in [2.45, 2.75) is 333 Å². The number of fused-ring (bicyclic) bond motifs is 22. The number of nitrogens with zero attached hydrogens (tertiary/aromatic N) is 6. The highest BCUT2D eigenvalue weighted by atomic mass is 16.5. The van der Waals surface area contributed by atoms with Crippen molar-refractivity contribution in [2.75, 3.05) is 0 Å². The molecular weight excluding hydrogens is 1330 g/mol. The largest absolute Gasteiger partial charge is 0.390 e. The lowest BCUT2D eigenvalue weighted by atomic mass is 9.49. The SMILES string of the molecule is C[C@@]1(O)CC[C@H]2[C@@H](CCC3[C@@H]2CC[C@]2(C)[C@@H](c4cn5ccccc5n4)CC[C@@H]32)C1.C[C@@]1(O)CC[C@H]2[C@@H](CC[C@@H]3[C@@H]2CC[C@]2(C)[C@@H](c4ccno4)CC[C@@H]32)C1.C[C@@]1(O)CC[C@H]2[C@H](CCC3[C@@H]2CC[C@]2(C)[C@@H](c4cn5ccccc5n4)CC[C@@H]32)C1.C[C@@]1(O)CC[C@H]2[C@H](CC[C@@H]3[C@@H]2CC[C@]2(C)[C@@H](c4ccno4)CC[C@@H]32)C1. The maximum Gasteiger partial charge on any atom is 0.140 e. The number of rotatable bonds is 4. The minimum absolute atomic E-state index is 0.401. The van der Waals surface area contributed by atoms with Crippen molar-refractivity contribution in [3.05, 3.63) is 109 Å². The van der Waals surface area contributed by atoms with Crippen molar-refractivity contribution >= 4 is 11.3 Å². The van der Waals surface area contributed by atoms with E-state index in [1.54, 1.807) is 0 Å². The average Bonchev–Trinajstić information content (AvgIpc) is 1.52. The summed E-state index contributed by atoms with van der Waals surface area (Å²) >= 11 is 0. The molecule has 0 aromatic carbocycles. The Kier molecular flexibility index (Phi) is 18.9. The lowest BCUT2D eigenvalue weighted by Gasteiger charge is -2.57. The second-order valence-electron chi connectivity index (χ2n) is 43.5. The molecule has 16 saturated carbocycles. The van der Waals surface area contributed by atoms with E-state index in [9.17, 15) is 20.4 Å². The van der Waals surface area contributed by atoms with Gasteiger partial charge in [0.25, 0.3) is 0 Å². The van der Waals surface area contributed by atoms with Crippen molar-refractivity contribution in [3.8, 4) is 0 Å². The Bertz CT molecular complexity index is 3790. The van der Waals surface area contributed by atoms with Gasteiger partial charge in [-0.1, -0.05) is 50.1 Å². The van der Waals surface area contributed by atoms with Gasteiger partial charge in [-0.25, -0.2) is 9.97 Å². The van der Waals surface area contributed by atoms with Crippen molar-refractivity contribution < 1.29 is 29.5 Å². The van der Waals surface area contributed by atoms with Gasteiger partial charge in [-0.2, -0.15) is 0 Å². The molecule has 0 spiro atoms. The number of hydrogen-bond donors (Lipinski definition) is 4. The van der Waals surface area contributed by atoms with Crippen LogP contribution in [0, 0.1) is 140 Å². The fourth-order valence-electron chi connectivity index (χ4n) is 33.3. The van der Waals surface area contributed by atoms with Crippen LogP contribution in [0.5, 0.6) is 0 Å². The number of pyridine rings is 2. The molecule has 108 heavy (non-hydrogen) atoms. The Hall–Kier alpha value is -4.36. The normalized spacial score (nSPS) is 49.4. The third-order valence-electron chi connectivity index (χ3n) is 38.0. The molecule has 4 N–H and O–H groups in total. The van der Waals surface area contributed by atoms with Crippen LogP contribution in [0.4, 0.5) is 0 Å². The zero-order valence-electron chi connectivity index (χ0n) is 67.7. The van der Waals surface area contributed by atoms with Crippen LogP contribution in [0.3, 0.4) is 0 Å². The minimum Gasteiger partial charge on any atom is -0.390 e. The Morgan fingerprint density at radius 2 is 0.593 bits per heavy atom. The highest BCUT2D eigenvalue weighted by molar-refractivity contribution is 5.42. The summed E-state index contributed by atoms with van der Waals surface area (Å²) in [5.41, 5.74) is 4.92. The Balaban J connectivity index is 0.0000000983. The van der Waals surface area contributed by atoms with E-state index >= 15 is 0 Å². The number of aliphatic hydroxyl groups is 4. The summed E-state index contributed by atoms with van der Waals surface area (Å²) in [7, 11) is 0. The summed E-state index contributed by atoms with van der Waals surface area (Å²) in [5, 5.41) is 50.2. The standard InChI is InChI=1S/2C26H36N2O.2C22H33NO2/c2*1-25(29)12-10-18-17(15-25)6-7-20-19(18)11-13-26(2)21(20)8-9-22(26)23-16-28-14-4-3-5-24(28)27-23;2*1-21(24)10-7-15-14(13-21)3-4-17-16(15)8-11-22(2)18(17)5-6-19(22)20-9-12-23-25-20/h2*3-5,14,16-22,29H,6-13,15H2,1-2H3;2*9,12,14-19,24H,3-8,10-11,13H2,1-2H3/t17-,18+,19-,20?,21+,22-,25-,26+;17-,18-,19+,20?,21-,22+,25+,26-;14-,15+,16-,17-,18+,19-,21-,22+;14-,15-,16+,17+,18-,19+,21+,22-/m1010/s1. The molecule has 22 rings (SSSR count). The molecule has 588 valence electrons. The third-order valence-corrected chi connectivity index (χ3v) is 38.0. The monoisotopic (exact) mass is 1470 g/mol. The van der Waals surface area contributed by atoms with Gasteiger partial charge in [0.15, 0.2) is 0 Å². The number of imidazole rings is 2. The quantitative estimate of drug-likeness (QED) is 0.133. The smallest absolute Gasteiger partial charge is 0.140 e. The van der Waals surface area contributed by atoms with E-state index < -0.39 is 22.4 Å². The molecule has 2 unspecified atom stereocenters.